The van der Waals surface area contributed by atoms with Gasteiger partial charge in [-0.15, -0.1) is 0 Å². The fourth-order valence-corrected chi connectivity index (χ4v) is 2.74. The molecule has 1 aromatic carbocycles. The number of sulfonamides is 1. The lowest BCUT2D eigenvalue weighted by Gasteiger charge is -2.12. The van der Waals surface area contributed by atoms with Crippen molar-refractivity contribution in [2.24, 2.45) is 5.73 Å². The molecule has 1 unspecified atom stereocenters. The Kier molecular flexibility index (Phi) is 7.14. The van der Waals surface area contributed by atoms with Crippen molar-refractivity contribution >= 4 is 27.6 Å². The van der Waals surface area contributed by atoms with Gasteiger partial charge in [0.05, 0.1) is 18.0 Å². The number of hydrogen-bond donors (Lipinski definition) is 3. The van der Waals surface area contributed by atoms with E-state index in [2.05, 4.69) is 14.8 Å². The maximum atomic E-state index is 12.1. The third-order valence-corrected chi connectivity index (χ3v) is 4.38. The Labute approximate surface area is 135 Å². The highest BCUT2D eigenvalue weighted by atomic mass is 32.2. The molecule has 0 saturated carbocycles. The minimum Gasteiger partial charge on any atom is -0.468 e. The summed E-state index contributed by atoms with van der Waals surface area (Å²) in [5.74, 6) is -1.09. The van der Waals surface area contributed by atoms with Gasteiger partial charge in [-0.05, 0) is 24.6 Å². The minimum atomic E-state index is -3.89. The molecule has 0 aliphatic rings. The van der Waals surface area contributed by atoms with Crippen molar-refractivity contribution < 1.29 is 22.7 Å². The van der Waals surface area contributed by atoms with Crippen LogP contribution >= 0.6 is 0 Å². The number of methoxy groups -OCH3 is 1. The summed E-state index contributed by atoms with van der Waals surface area (Å²) in [6, 6.07) is 5.01. The Morgan fingerprint density at radius 3 is 2.65 bits per heavy atom. The van der Waals surface area contributed by atoms with E-state index in [0.29, 0.717) is 12.1 Å². The lowest BCUT2D eigenvalue weighted by Crippen LogP contribution is -2.35. The molecule has 1 aromatic rings. The second kappa shape index (κ2) is 8.61. The number of carbonyl (C=O) groups excluding carboxylic acids is 2. The smallest absolute Gasteiger partial charge is 0.320 e. The number of nitrogens with two attached hydrogens (primary N) is 1. The quantitative estimate of drug-likeness (QED) is 0.579. The van der Waals surface area contributed by atoms with Gasteiger partial charge in [-0.3, -0.25) is 9.59 Å². The molecule has 0 saturated heterocycles. The molecule has 0 aliphatic heterocycles. The third kappa shape index (κ3) is 5.97. The summed E-state index contributed by atoms with van der Waals surface area (Å²) in [6.07, 6.45) is 1.30. The SMILES string of the molecule is CCCC(N)C(=O)Nc1cccc(S(=O)(=O)NCC(=O)OC)c1. The van der Waals surface area contributed by atoms with E-state index in [1.807, 2.05) is 6.92 Å². The van der Waals surface area contributed by atoms with E-state index in [9.17, 15) is 18.0 Å². The highest BCUT2D eigenvalue weighted by molar-refractivity contribution is 7.89. The molecule has 0 aromatic heterocycles. The van der Waals surface area contributed by atoms with Crippen molar-refractivity contribution in [3.05, 3.63) is 24.3 Å². The highest BCUT2D eigenvalue weighted by Crippen LogP contribution is 2.15. The Morgan fingerprint density at radius 2 is 2.04 bits per heavy atom. The molecule has 1 rings (SSSR count). The minimum absolute atomic E-state index is 0.0803. The number of carbonyl (C=O) groups is 2. The zero-order valence-electron chi connectivity index (χ0n) is 13.0. The van der Waals surface area contributed by atoms with Crippen molar-refractivity contribution in [3.8, 4) is 0 Å². The van der Waals surface area contributed by atoms with Gasteiger partial charge in [0, 0.05) is 5.69 Å². The summed E-state index contributed by atoms with van der Waals surface area (Å²) in [4.78, 5) is 22.8. The van der Waals surface area contributed by atoms with E-state index in [4.69, 9.17) is 5.73 Å². The predicted molar refractivity (Wildman–Crippen MR) is 85.2 cm³/mol. The highest BCUT2D eigenvalue weighted by Gasteiger charge is 2.17. The molecule has 0 fully saturated rings. The number of hydrogen-bond acceptors (Lipinski definition) is 6. The van der Waals surface area contributed by atoms with Crippen molar-refractivity contribution in [2.75, 3.05) is 19.0 Å². The summed E-state index contributed by atoms with van der Waals surface area (Å²) in [6.45, 7) is 1.43. The first-order chi connectivity index (χ1) is 10.8. The third-order valence-electron chi connectivity index (χ3n) is 2.98. The number of rotatable bonds is 8. The summed E-state index contributed by atoms with van der Waals surface area (Å²) >= 11 is 0. The summed E-state index contributed by atoms with van der Waals surface area (Å²) < 4.78 is 30.6. The molecule has 0 spiro atoms. The maximum absolute atomic E-state index is 12.1. The van der Waals surface area contributed by atoms with E-state index < -0.39 is 28.6 Å². The molecule has 4 N–H and O–H groups in total. The van der Waals surface area contributed by atoms with E-state index in [0.717, 1.165) is 13.5 Å². The lowest BCUT2D eigenvalue weighted by atomic mass is 10.1. The second-order valence-electron chi connectivity index (χ2n) is 4.81. The molecule has 1 amide bonds. The second-order valence-corrected chi connectivity index (χ2v) is 6.58. The molecule has 9 heteroatoms. The van der Waals surface area contributed by atoms with Gasteiger partial charge in [0.15, 0.2) is 0 Å². The van der Waals surface area contributed by atoms with E-state index in [-0.39, 0.29) is 10.8 Å². The zero-order chi connectivity index (χ0) is 17.5. The lowest BCUT2D eigenvalue weighted by molar-refractivity contribution is -0.139. The summed E-state index contributed by atoms with van der Waals surface area (Å²) in [5, 5.41) is 2.57. The van der Waals surface area contributed by atoms with Crippen LogP contribution in [0.3, 0.4) is 0 Å². The Morgan fingerprint density at radius 1 is 1.35 bits per heavy atom. The molecule has 0 aliphatic carbocycles. The molecule has 0 bridgehead atoms. The van der Waals surface area contributed by atoms with Crippen LogP contribution in [-0.4, -0.2) is 40.0 Å². The van der Waals surface area contributed by atoms with Crippen LogP contribution in [0.4, 0.5) is 5.69 Å². The van der Waals surface area contributed by atoms with E-state index in [1.54, 1.807) is 6.07 Å². The van der Waals surface area contributed by atoms with Gasteiger partial charge in [-0.2, -0.15) is 4.72 Å². The largest absolute Gasteiger partial charge is 0.468 e. The molecule has 8 nitrogen and oxygen atoms in total. The van der Waals surface area contributed by atoms with Crippen LogP contribution in [0.5, 0.6) is 0 Å². The number of ether oxygens (including phenoxy) is 1. The topological polar surface area (TPSA) is 128 Å². The molecule has 23 heavy (non-hydrogen) atoms. The van der Waals surface area contributed by atoms with E-state index >= 15 is 0 Å². The number of anilines is 1. The van der Waals surface area contributed by atoms with Gasteiger partial charge in [0.25, 0.3) is 0 Å². The first-order valence-corrected chi connectivity index (χ1v) is 8.51. The van der Waals surface area contributed by atoms with Gasteiger partial charge in [0.1, 0.15) is 6.54 Å². The van der Waals surface area contributed by atoms with Crippen LogP contribution in [-0.2, 0) is 24.3 Å². The molecule has 1 atom stereocenters. The van der Waals surface area contributed by atoms with Crippen LogP contribution in [0.1, 0.15) is 19.8 Å². The fraction of sp³-hybridized carbons (Fsp3) is 0.429. The van der Waals surface area contributed by atoms with Crippen molar-refractivity contribution in [2.45, 2.75) is 30.7 Å². The number of amides is 1. The van der Waals surface area contributed by atoms with Crippen LogP contribution in [0, 0.1) is 0 Å². The van der Waals surface area contributed by atoms with Crippen molar-refractivity contribution in [1.82, 2.24) is 4.72 Å². The van der Waals surface area contributed by atoms with Gasteiger partial charge in [-0.1, -0.05) is 19.4 Å². The average molecular weight is 343 g/mol. The van der Waals surface area contributed by atoms with Gasteiger partial charge in [0.2, 0.25) is 15.9 Å². The zero-order valence-corrected chi connectivity index (χ0v) is 13.9. The molecular formula is C14H21N3O5S. The molecule has 0 heterocycles. The summed E-state index contributed by atoms with van der Waals surface area (Å²) in [7, 11) is -2.73. The van der Waals surface area contributed by atoms with Crippen LogP contribution in [0.25, 0.3) is 0 Å². The van der Waals surface area contributed by atoms with Gasteiger partial charge >= 0.3 is 5.97 Å². The predicted octanol–water partition coefficient (Wildman–Crippen LogP) is 0.204. The molecule has 0 radical (unpaired) electrons. The Bertz CT molecular complexity index is 660. The average Bonchev–Trinajstić information content (AvgIpc) is 2.53. The number of esters is 1. The molecule has 128 valence electrons. The first kappa shape index (κ1) is 19.1. The maximum Gasteiger partial charge on any atom is 0.320 e. The van der Waals surface area contributed by atoms with Crippen LogP contribution in [0.2, 0.25) is 0 Å². The standard InChI is InChI=1S/C14H21N3O5S/c1-3-5-12(15)14(19)17-10-6-4-7-11(8-10)23(20,21)16-9-13(18)22-2/h4,6-8,12,16H,3,5,9,15H2,1-2H3,(H,17,19). The van der Waals surface area contributed by atoms with Gasteiger partial charge < -0.3 is 15.8 Å². The number of benzene rings is 1. The fourth-order valence-electron chi connectivity index (χ4n) is 1.73. The summed E-state index contributed by atoms with van der Waals surface area (Å²) in [5.41, 5.74) is 6.01. The van der Waals surface area contributed by atoms with Crippen LogP contribution in [0.15, 0.2) is 29.2 Å². The van der Waals surface area contributed by atoms with Crippen molar-refractivity contribution in [3.63, 3.8) is 0 Å². The Balaban J connectivity index is 2.83. The van der Waals surface area contributed by atoms with Crippen molar-refractivity contribution in [1.29, 1.82) is 0 Å². The molecular weight excluding hydrogens is 322 g/mol. The Hall–Kier alpha value is -1.97. The normalized spacial score (nSPS) is 12.5. The van der Waals surface area contributed by atoms with Gasteiger partial charge in [-0.25, -0.2) is 8.42 Å². The van der Waals surface area contributed by atoms with E-state index in [1.165, 1.54) is 18.2 Å². The monoisotopic (exact) mass is 343 g/mol. The number of nitrogens with one attached hydrogen (secondary N) is 2. The van der Waals surface area contributed by atoms with Crippen LogP contribution < -0.4 is 15.8 Å². The first-order valence-electron chi connectivity index (χ1n) is 7.03.